The van der Waals surface area contributed by atoms with E-state index in [1.807, 2.05) is 0 Å². The molecule has 0 N–H and O–H groups in total. The van der Waals surface area contributed by atoms with Crippen LogP contribution in [0.25, 0.3) is 10.1 Å². The highest BCUT2D eigenvalue weighted by atomic mass is 35.5. The van der Waals surface area contributed by atoms with Crippen LogP contribution in [0.5, 0.6) is 0 Å². The van der Waals surface area contributed by atoms with Crippen molar-refractivity contribution in [3.63, 3.8) is 0 Å². The van der Waals surface area contributed by atoms with E-state index in [2.05, 4.69) is 4.37 Å². The van der Waals surface area contributed by atoms with Crippen LogP contribution < -0.4 is 0 Å². The number of aromatic nitrogens is 1. The Bertz CT molecular complexity index is 482. The van der Waals surface area contributed by atoms with Gasteiger partial charge in [-0.05, 0) is 17.6 Å². The minimum atomic E-state index is -0.434. The highest BCUT2D eigenvalue weighted by molar-refractivity contribution is 7.14. The molecule has 6 heteroatoms. The van der Waals surface area contributed by atoms with E-state index in [9.17, 15) is 10.1 Å². The molecule has 0 saturated carbocycles. The molecule has 0 spiro atoms. The van der Waals surface area contributed by atoms with E-state index in [1.165, 1.54) is 18.3 Å². The summed E-state index contributed by atoms with van der Waals surface area (Å²) >= 11 is 6.90. The number of non-ortho nitro benzene ring substituents is 1. The molecule has 0 aliphatic rings. The predicted molar refractivity (Wildman–Crippen MR) is 51.3 cm³/mol. The van der Waals surface area contributed by atoms with Crippen LogP contribution in [0.15, 0.2) is 18.3 Å². The maximum Gasteiger partial charge on any atom is 0.288 e. The van der Waals surface area contributed by atoms with E-state index in [0.29, 0.717) is 15.1 Å². The molecule has 66 valence electrons. The van der Waals surface area contributed by atoms with Crippen molar-refractivity contribution >= 4 is 38.9 Å². The predicted octanol–water partition coefficient (Wildman–Crippen LogP) is 2.86. The summed E-state index contributed by atoms with van der Waals surface area (Å²) in [5, 5.41) is 11.7. The van der Waals surface area contributed by atoms with Crippen molar-refractivity contribution in [3.05, 3.63) is 33.5 Å². The van der Waals surface area contributed by atoms with Gasteiger partial charge >= 0.3 is 0 Å². The van der Waals surface area contributed by atoms with E-state index in [0.717, 1.165) is 11.5 Å². The van der Waals surface area contributed by atoms with Gasteiger partial charge in [-0.1, -0.05) is 11.6 Å². The van der Waals surface area contributed by atoms with Gasteiger partial charge < -0.3 is 0 Å². The van der Waals surface area contributed by atoms with Gasteiger partial charge in [0.05, 0.1) is 16.1 Å². The van der Waals surface area contributed by atoms with Gasteiger partial charge in [0.2, 0.25) is 0 Å². The fraction of sp³-hybridized carbons (Fsp3) is 0. The molecule has 0 aliphatic carbocycles. The summed E-state index contributed by atoms with van der Waals surface area (Å²) in [7, 11) is 0. The van der Waals surface area contributed by atoms with Gasteiger partial charge in [-0.25, -0.2) is 0 Å². The highest BCUT2D eigenvalue weighted by Gasteiger charge is 2.15. The molecule has 0 fully saturated rings. The van der Waals surface area contributed by atoms with Crippen molar-refractivity contribution in [1.29, 1.82) is 0 Å². The molecule has 0 amide bonds. The number of hydrogen-bond acceptors (Lipinski definition) is 4. The van der Waals surface area contributed by atoms with Crippen LogP contribution in [0.1, 0.15) is 0 Å². The Morgan fingerprint density at radius 1 is 1.54 bits per heavy atom. The molecule has 2 aromatic rings. The molecule has 0 unspecified atom stereocenters. The Balaban J connectivity index is 2.86. The van der Waals surface area contributed by atoms with Gasteiger partial charge in [0.25, 0.3) is 5.69 Å². The molecular formula is C7H3ClN2O2S. The van der Waals surface area contributed by atoms with Crippen LogP contribution >= 0.6 is 23.1 Å². The fourth-order valence-corrected chi connectivity index (χ4v) is 2.08. The lowest BCUT2D eigenvalue weighted by molar-refractivity contribution is -0.382. The van der Waals surface area contributed by atoms with Crippen molar-refractivity contribution < 1.29 is 4.92 Å². The van der Waals surface area contributed by atoms with Crippen molar-refractivity contribution in [3.8, 4) is 0 Å². The number of nitro benzene ring substituents is 1. The van der Waals surface area contributed by atoms with Crippen molar-refractivity contribution in [2.75, 3.05) is 0 Å². The number of rotatable bonds is 1. The maximum absolute atomic E-state index is 10.6. The number of fused-ring (bicyclic) bond motifs is 1. The number of hydrogen-bond donors (Lipinski definition) is 0. The van der Waals surface area contributed by atoms with Crippen LogP contribution in [-0.2, 0) is 0 Å². The maximum atomic E-state index is 10.6. The summed E-state index contributed by atoms with van der Waals surface area (Å²) in [6.45, 7) is 0. The average Bonchev–Trinajstić information content (AvgIpc) is 2.53. The van der Waals surface area contributed by atoms with Gasteiger partial charge in [-0.3, -0.25) is 10.1 Å². The normalized spacial score (nSPS) is 10.5. The molecule has 0 atom stereocenters. The monoisotopic (exact) mass is 214 g/mol. The lowest BCUT2D eigenvalue weighted by Gasteiger charge is -1.93. The molecule has 0 saturated heterocycles. The molecule has 1 heterocycles. The molecule has 1 aromatic heterocycles. The third kappa shape index (κ3) is 1.26. The summed E-state index contributed by atoms with van der Waals surface area (Å²) in [4.78, 5) is 10.1. The zero-order valence-electron chi connectivity index (χ0n) is 6.23. The number of benzene rings is 1. The Morgan fingerprint density at radius 3 is 3.00 bits per heavy atom. The second-order valence-electron chi connectivity index (χ2n) is 2.39. The molecule has 0 bridgehead atoms. The Morgan fingerprint density at radius 2 is 2.31 bits per heavy atom. The van der Waals surface area contributed by atoms with Gasteiger partial charge in [0.15, 0.2) is 0 Å². The van der Waals surface area contributed by atoms with E-state index >= 15 is 0 Å². The van der Waals surface area contributed by atoms with Gasteiger partial charge in [0.1, 0.15) is 4.70 Å². The molecular weight excluding hydrogens is 212 g/mol. The topological polar surface area (TPSA) is 56.0 Å². The molecule has 4 nitrogen and oxygen atoms in total. The first kappa shape index (κ1) is 8.40. The summed E-state index contributed by atoms with van der Waals surface area (Å²) in [6, 6.07) is 2.90. The van der Waals surface area contributed by atoms with E-state index in [4.69, 9.17) is 11.6 Å². The van der Waals surface area contributed by atoms with Gasteiger partial charge in [-0.15, -0.1) is 0 Å². The highest BCUT2D eigenvalue weighted by Crippen LogP contribution is 2.33. The van der Waals surface area contributed by atoms with E-state index in [1.54, 1.807) is 0 Å². The van der Waals surface area contributed by atoms with Gasteiger partial charge in [0, 0.05) is 11.5 Å². The van der Waals surface area contributed by atoms with Gasteiger partial charge in [-0.2, -0.15) is 4.37 Å². The lowest BCUT2D eigenvalue weighted by atomic mass is 10.2. The largest absolute Gasteiger partial charge is 0.288 e. The van der Waals surface area contributed by atoms with Crippen molar-refractivity contribution in [2.45, 2.75) is 0 Å². The van der Waals surface area contributed by atoms with Crippen molar-refractivity contribution in [1.82, 2.24) is 4.37 Å². The molecule has 1 aromatic carbocycles. The first-order valence-corrected chi connectivity index (χ1v) is 4.52. The summed E-state index contributed by atoms with van der Waals surface area (Å²) in [5.74, 6) is 0. The van der Waals surface area contributed by atoms with Crippen molar-refractivity contribution in [2.24, 2.45) is 0 Å². The summed E-state index contributed by atoms with van der Waals surface area (Å²) in [6.07, 6.45) is 1.54. The van der Waals surface area contributed by atoms with E-state index < -0.39 is 4.92 Å². The lowest BCUT2D eigenvalue weighted by Crippen LogP contribution is -1.87. The Labute approximate surface area is 82.1 Å². The quantitative estimate of drug-likeness (QED) is 0.542. The van der Waals surface area contributed by atoms with Crippen LogP contribution in [0, 0.1) is 10.1 Å². The van der Waals surface area contributed by atoms with Crippen LogP contribution in [0.3, 0.4) is 0 Å². The smallest absolute Gasteiger partial charge is 0.258 e. The Kier molecular flexibility index (Phi) is 1.90. The fourth-order valence-electron chi connectivity index (χ4n) is 1.06. The zero-order chi connectivity index (χ0) is 9.42. The minimum Gasteiger partial charge on any atom is -0.258 e. The molecule has 0 radical (unpaired) electrons. The summed E-state index contributed by atoms with van der Waals surface area (Å²) in [5.41, 5.74) is 0.0573. The van der Waals surface area contributed by atoms with Crippen LogP contribution in [0.4, 0.5) is 5.69 Å². The van der Waals surface area contributed by atoms with E-state index in [-0.39, 0.29) is 5.69 Å². The van der Waals surface area contributed by atoms with Crippen LogP contribution in [0.2, 0.25) is 5.02 Å². The molecule has 13 heavy (non-hydrogen) atoms. The third-order valence-electron chi connectivity index (χ3n) is 1.64. The second kappa shape index (κ2) is 2.93. The second-order valence-corrected chi connectivity index (χ2v) is 3.60. The summed E-state index contributed by atoms with van der Waals surface area (Å²) < 4.78 is 4.38. The zero-order valence-corrected chi connectivity index (χ0v) is 7.80. The molecule has 2 rings (SSSR count). The minimum absolute atomic E-state index is 0.0573. The van der Waals surface area contributed by atoms with Crippen LogP contribution in [-0.4, -0.2) is 9.30 Å². The number of nitrogens with zero attached hydrogens (tertiary/aromatic N) is 2. The third-order valence-corrected chi connectivity index (χ3v) is 2.80. The first-order chi connectivity index (χ1) is 6.20. The number of nitro groups is 1. The average molecular weight is 215 g/mol. The number of halogens is 1. The molecule has 0 aliphatic heterocycles. The first-order valence-electron chi connectivity index (χ1n) is 3.37. The standard InChI is InChI=1S/C7H3ClN2O2S/c8-5-1-2-6(10(11)12)7-4(5)3-9-13-7/h1-3H. The SMILES string of the molecule is O=[N+]([O-])c1ccc(Cl)c2cnsc12. The Hall–Kier alpha value is -1.20.